The second-order valence-corrected chi connectivity index (χ2v) is 8.76. The minimum Gasteiger partial charge on any atom is -0.790 e. The molecule has 0 aliphatic carbocycles. The van der Waals surface area contributed by atoms with Crippen molar-refractivity contribution in [1.29, 1.82) is 0 Å². The Balaban J connectivity index is -0.000000882. The highest BCUT2D eigenvalue weighted by atomic mass is 31.3. The number of hydrogen-bond acceptors (Lipinski definition) is 6. The van der Waals surface area contributed by atoms with Crippen LogP contribution in [0.2, 0.25) is 0 Å². The summed E-state index contributed by atoms with van der Waals surface area (Å²) in [6.45, 7) is 8.05. The molecular weight excluding hydrogens is 392 g/mol. The fraction of sp³-hybridized carbons (Fsp3) is 0.500. The molecule has 12 N–H and O–H groups in total. The van der Waals surface area contributed by atoms with Gasteiger partial charge in [0.15, 0.2) is 7.60 Å². The Hall–Kier alpha value is -0.860. The van der Waals surface area contributed by atoms with Crippen LogP contribution >= 0.6 is 15.4 Å². The zero-order chi connectivity index (χ0) is 18.8. The Bertz CT molecular complexity index is 620. The molecule has 0 rings (SSSR count). The van der Waals surface area contributed by atoms with Crippen LogP contribution in [0.5, 0.6) is 0 Å². The quantitative estimate of drug-likeness (QED) is 0.258. The third-order valence-corrected chi connectivity index (χ3v) is 5.23. The van der Waals surface area contributed by atoms with Crippen LogP contribution in [0.3, 0.4) is 0 Å². The maximum Gasteiger partial charge on any atom is 0.161 e. The molecule has 1 atom stereocenters. The molecule has 0 radical (unpaired) electrons. The largest absolute Gasteiger partial charge is 0.790 e. The maximum atomic E-state index is 11.2. The van der Waals surface area contributed by atoms with Crippen LogP contribution in [0.4, 0.5) is 0 Å². The molecule has 11 heteroatoms. The van der Waals surface area contributed by atoms with Gasteiger partial charge in [0, 0.05) is 0 Å². The molecule has 0 saturated carbocycles. The minimum absolute atomic E-state index is 0. The van der Waals surface area contributed by atoms with E-state index in [4.69, 9.17) is 0 Å². The predicted molar refractivity (Wildman–Crippen MR) is 109 cm³/mol. The van der Waals surface area contributed by atoms with Gasteiger partial charge in [-0.25, -0.2) is 0 Å². The summed E-state index contributed by atoms with van der Waals surface area (Å²) < 4.78 is 25.0. The summed E-state index contributed by atoms with van der Waals surface area (Å²) in [6.07, 6.45) is 10.6. The van der Waals surface area contributed by atoms with E-state index in [0.29, 0.717) is 5.82 Å². The van der Waals surface area contributed by atoms with Crippen LogP contribution in [-0.4, -0.2) is 0 Å². The van der Waals surface area contributed by atoms with E-state index in [2.05, 4.69) is 37.2 Å². The van der Waals surface area contributed by atoms with Gasteiger partial charge in [-0.15, -0.1) is 0 Å². The van der Waals surface area contributed by atoms with Gasteiger partial charge in [-0.1, -0.05) is 41.0 Å². The van der Waals surface area contributed by atoms with Gasteiger partial charge in [0.05, 0.1) is 7.82 Å². The van der Waals surface area contributed by atoms with Crippen molar-refractivity contribution in [2.75, 3.05) is 0 Å². The third-order valence-electron chi connectivity index (χ3n) is 2.99. The third kappa shape index (κ3) is 23.1. The molecule has 1 unspecified atom stereocenters. The first-order valence-electron chi connectivity index (χ1n) is 7.59. The van der Waals surface area contributed by atoms with Crippen molar-refractivity contribution in [3.05, 3.63) is 46.8 Å². The van der Waals surface area contributed by atoms with Crippen LogP contribution in [0.25, 0.3) is 0 Å². The molecule has 27 heavy (non-hydrogen) atoms. The van der Waals surface area contributed by atoms with E-state index in [1.807, 2.05) is 6.92 Å². The van der Waals surface area contributed by atoms with E-state index in [1.165, 1.54) is 11.1 Å². The molecule has 0 aromatic carbocycles. The molecule has 0 heterocycles. The monoisotopic (exact) mass is 429 g/mol. The Morgan fingerprint density at radius 1 is 0.852 bits per heavy atom. The standard InChI is InChI=1S/C16H28O6P2.3H3N/c1-14(2)8-5-9-15(3)10-6-11-16(4)12-7-13-23(17,18)22-24(19,20)21;;;/h7-8,10,12-13H,5-6,9,11H2,1-4H3,(H,17,18)(H2,19,20,21);3*1H3/b13-7+,15-10+,16-12+;;;. The van der Waals surface area contributed by atoms with Crippen LogP contribution in [0.1, 0.15) is 53.4 Å². The lowest BCUT2D eigenvalue weighted by molar-refractivity contribution is -0.337. The summed E-state index contributed by atoms with van der Waals surface area (Å²) >= 11 is 0. The number of rotatable bonds is 10. The zero-order valence-corrected chi connectivity index (χ0v) is 19.3. The first kappa shape index (κ1) is 33.7. The molecular formula is C16H37N3O6P2. The fourth-order valence-electron chi connectivity index (χ4n) is 1.80. The van der Waals surface area contributed by atoms with Gasteiger partial charge < -0.3 is 46.6 Å². The summed E-state index contributed by atoms with van der Waals surface area (Å²) in [4.78, 5) is 31.7. The summed E-state index contributed by atoms with van der Waals surface area (Å²) in [5.41, 5.74) is 3.53. The summed E-state index contributed by atoms with van der Waals surface area (Å²) in [5.74, 6) is 0.569. The lowest BCUT2D eigenvalue weighted by Gasteiger charge is -2.34. The van der Waals surface area contributed by atoms with Crippen molar-refractivity contribution in [1.82, 2.24) is 18.5 Å². The van der Waals surface area contributed by atoms with Gasteiger partial charge in [-0.3, -0.25) is 0 Å². The first-order chi connectivity index (χ1) is 10.9. The van der Waals surface area contributed by atoms with E-state index in [-0.39, 0.29) is 18.5 Å². The number of phosphoric acid groups is 1. The van der Waals surface area contributed by atoms with Crippen molar-refractivity contribution in [2.24, 2.45) is 0 Å². The molecule has 0 bridgehead atoms. The number of allylic oxidation sites excluding steroid dienone is 7. The maximum absolute atomic E-state index is 11.2. The highest BCUT2D eigenvalue weighted by Gasteiger charge is 2.04. The summed E-state index contributed by atoms with van der Waals surface area (Å²) in [7, 11) is -10.4. The van der Waals surface area contributed by atoms with Crippen molar-refractivity contribution >= 4 is 15.4 Å². The van der Waals surface area contributed by atoms with Gasteiger partial charge in [-0.05, 0) is 59.2 Å². The Morgan fingerprint density at radius 2 is 1.33 bits per heavy atom. The number of hydrogen-bond donors (Lipinski definition) is 3. The van der Waals surface area contributed by atoms with Gasteiger partial charge >= 0.3 is 0 Å². The lowest BCUT2D eigenvalue weighted by Crippen LogP contribution is -2.17. The van der Waals surface area contributed by atoms with E-state index in [9.17, 15) is 23.8 Å². The first-order valence-corrected chi connectivity index (χ1v) is 10.7. The van der Waals surface area contributed by atoms with Gasteiger partial charge in [-0.2, -0.15) is 0 Å². The van der Waals surface area contributed by atoms with Crippen LogP contribution in [-0.2, 0) is 13.4 Å². The normalized spacial score (nSPS) is 14.5. The Labute approximate surface area is 162 Å². The lowest BCUT2D eigenvalue weighted by atomic mass is 10.1. The topological polar surface area (TPSA) is 222 Å². The molecule has 0 amide bonds. The molecule has 0 aliphatic rings. The van der Waals surface area contributed by atoms with E-state index < -0.39 is 15.4 Å². The van der Waals surface area contributed by atoms with Crippen LogP contribution in [0.15, 0.2) is 46.8 Å². The molecule has 0 spiro atoms. The van der Waals surface area contributed by atoms with E-state index >= 15 is 0 Å². The summed E-state index contributed by atoms with van der Waals surface area (Å²) in [5, 5.41) is 0. The van der Waals surface area contributed by atoms with Crippen molar-refractivity contribution in [3.8, 4) is 0 Å². The zero-order valence-electron chi connectivity index (χ0n) is 17.6. The second-order valence-electron chi connectivity index (χ2n) is 5.83. The molecule has 9 nitrogen and oxygen atoms in total. The van der Waals surface area contributed by atoms with Crippen LogP contribution in [0, 0.1) is 0 Å². The SMILES string of the molecule is CC(C)=CCC/C(C)=C/CC/C(C)=C/C=C/P(=O)([O-])OP(=O)([O-])[O-].[NH4+].[NH4+].[NH4+]. The average molecular weight is 429 g/mol. The Kier molecular flexibility index (Phi) is 20.1. The van der Waals surface area contributed by atoms with Crippen molar-refractivity contribution in [2.45, 2.75) is 53.4 Å². The van der Waals surface area contributed by atoms with Gasteiger partial charge in [0.1, 0.15) is 0 Å². The highest BCUT2D eigenvalue weighted by molar-refractivity contribution is 7.63. The van der Waals surface area contributed by atoms with Crippen molar-refractivity contribution in [3.63, 3.8) is 0 Å². The molecule has 0 aromatic heterocycles. The molecule has 0 fully saturated rings. The second kappa shape index (κ2) is 16.1. The highest BCUT2D eigenvalue weighted by Crippen LogP contribution is 2.50. The molecule has 0 aromatic rings. The van der Waals surface area contributed by atoms with Crippen molar-refractivity contribution < 1.29 is 28.1 Å². The Morgan fingerprint density at radius 3 is 1.81 bits per heavy atom. The minimum atomic E-state index is -5.56. The van der Waals surface area contributed by atoms with Crippen LogP contribution < -0.4 is 33.1 Å². The average Bonchev–Trinajstić information content (AvgIpc) is 2.34. The molecule has 0 aliphatic heterocycles. The smallest absolute Gasteiger partial charge is 0.161 e. The fourth-order valence-corrected chi connectivity index (χ4v) is 3.43. The van der Waals surface area contributed by atoms with E-state index in [1.54, 1.807) is 6.08 Å². The van der Waals surface area contributed by atoms with E-state index in [0.717, 1.165) is 37.3 Å². The molecule has 0 saturated heterocycles. The summed E-state index contributed by atoms with van der Waals surface area (Å²) in [6, 6.07) is 0. The number of quaternary nitrogens is 3. The molecule has 162 valence electrons. The van der Waals surface area contributed by atoms with Gasteiger partial charge in [0.2, 0.25) is 0 Å². The van der Waals surface area contributed by atoms with Gasteiger partial charge in [0.25, 0.3) is 0 Å². The predicted octanol–water partition coefficient (Wildman–Crippen LogP) is 4.45.